The SMILES string of the molecule is Cc1cc(C)cc(NC(=O)CCCn2nc(-c3ccco3)ccc2=O)c1. The fourth-order valence-corrected chi connectivity index (χ4v) is 2.82. The summed E-state index contributed by atoms with van der Waals surface area (Å²) in [6, 6.07) is 12.6. The molecule has 6 nitrogen and oxygen atoms in total. The van der Waals surface area contributed by atoms with Crippen molar-refractivity contribution in [2.24, 2.45) is 0 Å². The Bertz CT molecular complexity index is 938. The Morgan fingerprint density at radius 1 is 1.15 bits per heavy atom. The van der Waals surface area contributed by atoms with Gasteiger partial charge in [-0.1, -0.05) is 6.07 Å². The van der Waals surface area contributed by atoms with E-state index >= 15 is 0 Å². The van der Waals surface area contributed by atoms with Gasteiger partial charge in [0.2, 0.25) is 5.91 Å². The third kappa shape index (κ3) is 4.47. The number of hydrogen-bond acceptors (Lipinski definition) is 4. The number of hydrogen-bond donors (Lipinski definition) is 1. The van der Waals surface area contributed by atoms with Crippen LogP contribution in [-0.4, -0.2) is 15.7 Å². The first-order valence-electron chi connectivity index (χ1n) is 8.51. The predicted octanol–water partition coefficient (Wildman–Crippen LogP) is 3.54. The summed E-state index contributed by atoms with van der Waals surface area (Å²) in [5, 5.41) is 7.19. The Labute approximate surface area is 151 Å². The molecule has 2 heterocycles. The Morgan fingerprint density at radius 3 is 2.62 bits per heavy atom. The number of benzene rings is 1. The summed E-state index contributed by atoms with van der Waals surface area (Å²) < 4.78 is 6.66. The van der Waals surface area contributed by atoms with E-state index in [4.69, 9.17) is 4.42 Å². The van der Waals surface area contributed by atoms with Crippen LogP contribution in [-0.2, 0) is 11.3 Å². The van der Waals surface area contributed by atoms with Gasteiger partial charge < -0.3 is 9.73 Å². The second-order valence-electron chi connectivity index (χ2n) is 6.29. The summed E-state index contributed by atoms with van der Waals surface area (Å²) in [4.78, 5) is 24.1. The van der Waals surface area contributed by atoms with Crippen LogP contribution in [0.25, 0.3) is 11.5 Å². The molecule has 0 saturated carbocycles. The average Bonchev–Trinajstić information content (AvgIpc) is 3.10. The number of anilines is 1. The molecule has 1 N–H and O–H groups in total. The summed E-state index contributed by atoms with van der Waals surface area (Å²) in [6.45, 7) is 4.35. The maximum absolute atomic E-state index is 12.1. The summed E-state index contributed by atoms with van der Waals surface area (Å²) in [6.07, 6.45) is 2.39. The zero-order valence-electron chi connectivity index (χ0n) is 14.9. The summed E-state index contributed by atoms with van der Waals surface area (Å²) >= 11 is 0. The van der Waals surface area contributed by atoms with Crippen molar-refractivity contribution in [2.45, 2.75) is 33.2 Å². The zero-order valence-corrected chi connectivity index (χ0v) is 14.9. The normalized spacial score (nSPS) is 10.7. The highest BCUT2D eigenvalue weighted by Gasteiger charge is 2.07. The molecule has 3 aromatic rings. The maximum Gasteiger partial charge on any atom is 0.266 e. The van der Waals surface area contributed by atoms with Crippen molar-refractivity contribution in [3.63, 3.8) is 0 Å². The van der Waals surface area contributed by atoms with Crippen LogP contribution in [0.1, 0.15) is 24.0 Å². The lowest BCUT2D eigenvalue weighted by Crippen LogP contribution is -2.23. The van der Waals surface area contributed by atoms with Gasteiger partial charge in [-0.3, -0.25) is 9.59 Å². The molecule has 0 bridgehead atoms. The quantitative estimate of drug-likeness (QED) is 0.737. The molecule has 0 aliphatic carbocycles. The Hall–Kier alpha value is -3.15. The van der Waals surface area contributed by atoms with Gasteiger partial charge in [0.25, 0.3) is 5.56 Å². The molecule has 0 aliphatic heterocycles. The molecule has 26 heavy (non-hydrogen) atoms. The number of nitrogens with zero attached hydrogens (tertiary/aromatic N) is 2. The Morgan fingerprint density at radius 2 is 1.92 bits per heavy atom. The van der Waals surface area contributed by atoms with Crippen molar-refractivity contribution in [1.29, 1.82) is 0 Å². The number of nitrogens with one attached hydrogen (secondary N) is 1. The Balaban J connectivity index is 1.58. The van der Waals surface area contributed by atoms with Crippen molar-refractivity contribution in [1.82, 2.24) is 9.78 Å². The number of carbonyl (C=O) groups excluding carboxylic acids is 1. The van der Waals surface area contributed by atoms with Gasteiger partial charge in [-0.2, -0.15) is 5.10 Å². The first-order chi connectivity index (χ1) is 12.5. The van der Waals surface area contributed by atoms with Gasteiger partial charge in [0, 0.05) is 24.7 Å². The van der Waals surface area contributed by atoms with E-state index in [1.165, 1.54) is 10.7 Å². The minimum atomic E-state index is -0.199. The number of furan rings is 1. The number of carbonyl (C=O) groups is 1. The highest BCUT2D eigenvalue weighted by Crippen LogP contribution is 2.16. The van der Waals surface area contributed by atoms with Crippen molar-refractivity contribution >= 4 is 11.6 Å². The smallest absolute Gasteiger partial charge is 0.266 e. The Kier molecular flexibility index (Phi) is 5.31. The van der Waals surface area contributed by atoms with Gasteiger partial charge in [0.1, 0.15) is 5.69 Å². The van der Waals surface area contributed by atoms with E-state index in [-0.39, 0.29) is 11.5 Å². The van der Waals surface area contributed by atoms with Gasteiger partial charge in [0.05, 0.1) is 6.26 Å². The molecular weight excluding hydrogens is 330 g/mol. The van der Waals surface area contributed by atoms with Crippen LogP contribution >= 0.6 is 0 Å². The second kappa shape index (κ2) is 7.82. The van der Waals surface area contributed by atoms with E-state index in [1.807, 2.05) is 26.0 Å². The van der Waals surface area contributed by atoms with Crippen LogP contribution in [0.2, 0.25) is 0 Å². The monoisotopic (exact) mass is 351 g/mol. The fourth-order valence-electron chi connectivity index (χ4n) is 2.82. The van der Waals surface area contributed by atoms with E-state index < -0.39 is 0 Å². The van der Waals surface area contributed by atoms with Crippen molar-refractivity contribution in [2.75, 3.05) is 5.32 Å². The fraction of sp³-hybridized carbons (Fsp3) is 0.250. The summed E-state index contributed by atoms with van der Waals surface area (Å²) in [5.74, 6) is 0.525. The van der Waals surface area contributed by atoms with Gasteiger partial charge in [-0.05, 0) is 61.7 Å². The van der Waals surface area contributed by atoms with E-state index in [1.54, 1.807) is 24.5 Å². The zero-order chi connectivity index (χ0) is 18.5. The van der Waals surface area contributed by atoms with Crippen molar-refractivity contribution in [3.05, 3.63) is 70.2 Å². The molecule has 1 amide bonds. The second-order valence-corrected chi connectivity index (χ2v) is 6.29. The van der Waals surface area contributed by atoms with Gasteiger partial charge in [0.15, 0.2) is 5.76 Å². The molecule has 0 spiro atoms. The van der Waals surface area contributed by atoms with Crippen LogP contribution in [0.5, 0.6) is 0 Å². The van der Waals surface area contributed by atoms with Crippen LogP contribution in [0.15, 0.2) is 57.9 Å². The van der Waals surface area contributed by atoms with Gasteiger partial charge >= 0.3 is 0 Å². The molecule has 3 rings (SSSR count). The third-order valence-electron chi connectivity index (χ3n) is 3.92. The molecule has 1 aromatic carbocycles. The lowest BCUT2D eigenvalue weighted by Gasteiger charge is -2.08. The minimum Gasteiger partial charge on any atom is -0.463 e. The molecule has 6 heteroatoms. The topological polar surface area (TPSA) is 77.1 Å². The molecule has 0 aliphatic rings. The third-order valence-corrected chi connectivity index (χ3v) is 3.92. The molecule has 2 aromatic heterocycles. The maximum atomic E-state index is 12.1. The van der Waals surface area contributed by atoms with E-state index in [2.05, 4.69) is 16.5 Å². The van der Waals surface area contributed by atoms with E-state index in [0.29, 0.717) is 30.8 Å². The molecule has 0 atom stereocenters. The summed E-state index contributed by atoms with van der Waals surface area (Å²) in [5.41, 5.74) is 3.39. The summed E-state index contributed by atoms with van der Waals surface area (Å²) in [7, 11) is 0. The van der Waals surface area contributed by atoms with Crippen LogP contribution < -0.4 is 10.9 Å². The number of aromatic nitrogens is 2. The van der Waals surface area contributed by atoms with Crippen molar-refractivity contribution < 1.29 is 9.21 Å². The minimum absolute atomic E-state index is 0.0785. The van der Waals surface area contributed by atoms with Gasteiger partial charge in [-0.15, -0.1) is 0 Å². The lowest BCUT2D eigenvalue weighted by molar-refractivity contribution is -0.116. The molecular formula is C20H21N3O3. The molecule has 134 valence electrons. The number of aryl methyl sites for hydroxylation is 3. The van der Waals surface area contributed by atoms with Gasteiger partial charge in [-0.25, -0.2) is 4.68 Å². The first kappa shape index (κ1) is 17.7. The van der Waals surface area contributed by atoms with Crippen LogP contribution in [0.3, 0.4) is 0 Å². The molecule has 0 fully saturated rings. The number of rotatable bonds is 6. The van der Waals surface area contributed by atoms with E-state index in [9.17, 15) is 9.59 Å². The molecule has 0 radical (unpaired) electrons. The number of amides is 1. The van der Waals surface area contributed by atoms with Crippen molar-refractivity contribution in [3.8, 4) is 11.5 Å². The van der Waals surface area contributed by atoms with E-state index in [0.717, 1.165) is 16.8 Å². The highest BCUT2D eigenvalue weighted by molar-refractivity contribution is 5.90. The molecule has 0 unspecified atom stereocenters. The average molecular weight is 351 g/mol. The largest absolute Gasteiger partial charge is 0.463 e. The van der Waals surface area contributed by atoms with Crippen LogP contribution in [0, 0.1) is 13.8 Å². The highest BCUT2D eigenvalue weighted by atomic mass is 16.3. The first-order valence-corrected chi connectivity index (χ1v) is 8.51. The van der Waals surface area contributed by atoms with Crippen LogP contribution in [0.4, 0.5) is 5.69 Å². The lowest BCUT2D eigenvalue weighted by atomic mass is 10.1. The predicted molar refractivity (Wildman–Crippen MR) is 100.0 cm³/mol. The molecule has 0 saturated heterocycles. The standard InChI is InChI=1S/C20H21N3O3/c1-14-11-15(2)13-16(12-14)21-19(24)6-3-9-23-20(25)8-7-17(22-23)18-5-4-10-26-18/h4-5,7-8,10-13H,3,6,9H2,1-2H3,(H,21,24).